The van der Waals surface area contributed by atoms with E-state index in [4.69, 9.17) is 10.1 Å². The third kappa shape index (κ3) is 3.60. The Morgan fingerprint density at radius 1 is 1.00 bits per heavy atom. The van der Waals surface area contributed by atoms with Crippen LogP contribution in [0.3, 0.4) is 0 Å². The molecule has 2 aliphatic heterocycles. The topological polar surface area (TPSA) is 118 Å². The number of hydrogen-bond acceptors (Lipinski definition) is 7. The quantitative estimate of drug-likeness (QED) is 0.359. The SMILES string of the molecule is Cc1cc(N2CC3CC2CN3C(=O)[O-])ccc1-c1ccnc2c(-c3cccc4[nH]ncc34)c(-c3ccncc3)nn12. The number of H-pyrrole nitrogens is 1. The monoisotopic (exact) mass is 541 g/mol. The van der Waals surface area contributed by atoms with Gasteiger partial charge in [-0.3, -0.25) is 10.1 Å². The highest BCUT2D eigenvalue weighted by molar-refractivity contribution is 6.03. The molecule has 2 atom stereocenters. The summed E-state index contributed by atoms with van der Waals surface area (Å²) in [5.41, 5.74) is 9.61. The fraction of sp³-hybridized carbons (Fsp3) is 0.194. The van der Waals surface area contributed by atoms with Gasteiger partial charge in [-0.1, -0.05) is 18.2 Å². The van der Waals surface area contributed by atoms with E-state index in [1.165, 1.54) is 4.90 Å². The minimum absolute atomic E-state index is 0.00131. The molecule has 2 aliphatic rings. The zero-order valence-electron chi connectivity index (χ0n) is 22.2. The van der Waals surface area contributed by atoms with Crippen LogP contribution in [-0.4, -0.2) is 65.9 Å². The van der Waals surface area contributed by atoms with Gasteiger partial charge in [0.1, 0.15) is 11.8 Å². The summed E-state index contributed by atoms with van der Waals surface area (Å²) in [6, 6.07) is 18.6. The van der Waals surface area contributed by atoms with E-state index in [1.54, 1.807) is 12.4 Å². The highest BCUT2D eigenvalue weighted by atomic mass is 16.4. The molecule has 0 saturated carbocycles. The number of carbonyl (C=O) groups is 1. The second kappa shape index (κ2) is 8.88. The predicted octanol–water partition coefficient (Wildman–Crippen LogP) is 3.92. The van der Waals surface area contributed by atoms with Gasteiger partial charge in [0.25, 0.3) is 0 Å². The van der Waals surface area contributed by atoms with Crippen LogP contribution in [0, 0.1) is 6.92 Å². The molecule has 8 rings (SSSR count). The first-order valence-electron chi connectivity index (χ1n) is 13.6. The smallest absolute Gasteiger partial charge is 0.164 e. The van der Waals surface area contributed by atoms with Crippen molar-refractivity contribution in [1.29, 1.82) is 0 Å². The van der Waals surface area contributed by atoms with Gasteiger partial charge in [0.2, 0.25) is 0 Å². The van der Waals surface area contributed by atoms with Crippen LogP contribution in [0.1, 0.15) is 12.0 Å². The van der Waals surface area contributed by atoms with E-state index in [0.29, 0.717) is 13.1 Å². The van der Waals surface area contributed by atoms with Crippen LogP contribution >= 0.6 is 0 Å². The van der Waals surface area contributed by atoms with Crippen LogP contribution in [0.5, 0.6) is 0 Å². The first-order valence-corrected chi connectivity index (χ1v) is 13.6. The maximum Gasteiger partial charge on any atom is 0.164 e. The van der Waals surface area contributed by atoms with E-state index >= 15 is 0 Å². The lowest BCUT2D eigenvalue weighted by Crippen LogP contribution is -2.52. The van der Waals surface area contributed by atoms with Crippen molar-refractivity contribution in [2.24, 2.45) is 0 Å². The van der Waals surface area contributed by atoms with Gasteiger partial charge in [0.05, 0.1) is 23.0 Å². The Morgan fingerprint density at radius 3 is 2.66 bits per heavy atom. The third-order valence-corrected chi connectivity index (χ3v) is 8.52. The largest absolute Gasteiger partial charge is 0.530 e. The van der Waals surface area contributed by atoms with Crippen molar-refractivity contribution in [3.8, 4) is 33.6 Å². The van der Waals surface area contributed by atoms with Crippen molar-refractivity contribution in [1.82, 2.24) is 34.7 Å². The number of carboxylic acid groups (broad SMARTS) is 1. The average Bonchev–Trinajstić information content (AvgIpc) is 3.79. The van der Waals surface area contributed by atoms with Gasteiger partial charge >= 0.3 is 0 Å². The van der Waals surface area contributed by atoms with E-state index in [2.05, 4.69) is 51.3 Å². The summed E-state index contributed by atoms with van der Waals surface area (Å²) in [7, 11) is 0. The Balaban J connectivity index is 1.26. The summed E-state index contributed by atoms with van der Waals surface area (Å²) in [6.45, 7) is 3.29. The molecule has 6 aromatic rings. The Labute approximate surface area is 234 Å². The van der Waals surface area contributed by atoms with Crippen LogP contribution in [0.4, 0.5) is 10.5 Å². The number of aryl methyl sites for hydroxylation is 1. The molecule has 2 saturated heterocycles. The highest BCUT2D eigenvalue weighted by Gasteiger charge is 2.43. The van der Waals surface area contributed by atoms with E-state index < -0.39 is 6.09 Å². The second-order valence-corrected chi connectivity index (χ2v) is 10.8. The molecule has 6 heterocycles. The van der Waals surface area contributed by atoms with Gasteiger partial charge in [-0.2, -0.15) is 10.2 Å². The average molecular weight is 542 g/mol. The lowest BCUT2D eigenvalue weighted by atomic mass is 9.99. The molecule has 1 N–H and O–H groups in total. The molecule has 2 aromatic carbocycles. The van der Waals surface area contributed by atoms with Crippen molar-refractivity contribution in [3.63, 3.8) is 0 Å². The first kappa shape index (κ1) is 23.6. The van der Waals surface area contributed by atoms with E-state index in [-0.39, 0.29) is 12.1 Å². The summed E-state index contributed by atoms with van der Waals surface area (Å²) in [4.78, 5) is 24.3. The normalized spacial score (nSPS) is 18.2. The molecule has 10 heteroatoms. The number of piperazine rings is 1. The van der Waals surface area contributed by atoms with E-state index in [9.17, 15) is 9.90 Å². The van der Waals surface area contributed by atoms with Crippen molar-refractivity contribution < 1.29 is 9.90 Å². The predicted molar refractivity (Wildman–Crippen MR) is 153 cm³/mol. The Kier molecular flexibility index (Phi) is 5.12. The molecular formula is C31H25N8O2-. The fourth-order valence-electron chi connectivity index (χ4n) is 6.62. The number of nitrogens with zero attached hydrogens (tertiary/aromatic N) is 7. The molecular weight excluding hydrogens is 516 g/mol. The maximum absolute atomic E-state index is 11.4. The number of rotatable bonds is 4. The zero-order valence-corrected chi connectivity index (χ0v) is 22.2. The Hall–Kier alpha value is -5.25. The molecule has 2 bridgehead atoms. The lowest BCUT2D eigenvalue weighted by molar-refractivity contribution is -0.266. The molecule has 41 heavy (non-hydrogen) atoms. The minimum atomic E-state index is -1.07. The van der Waals surface area contributed by atoms with Gasteiger partial charge in [-0.05, 0) is 60.9 Å². The van der Waals surface area contributed by atoms with Crippen molar-refractivity contribution in [2.75, 3.05) is 18.0 Å². The standard InChI is InChI=1S/C31H26N8O2/c1-18-13-20(37-16-22-14-21(37)17-38(22)31(40)41)5-6-23(18)27-9-12-33-30-28(24-3-2-4-26-25(24)15-34-35-26)29(36-39(27)30)19-7-10-32-11-8-19/h2-13,15,21-22H,14,16-17H2,1H3,(H,34,35)(H,40,41)/p-1. The molecule has 0 radical (unpaired) electrons. The number of aromatic nitrogens is 6. The summed E-state index contributed by atoms with van der Waals surface area (Å²) >= 11 is 0. The summed E-state index contributed by atoms with van der Waals surface area (Å²) in [5, 5.41) is 24.9. The van der Waals surface area contributed by atoms with E-state index in [0.717, 1.165) is 67.9 Å². The number of nitrogens with one attached hydrogen (secondary N) is 1. The lowest BCUT2D eigenvalue weighted by Gasteiger charge is -2.37. The van der Waals surface area contributed by atoms with Gasteiger partial charge in [-0.15, -0.1) is 0 Å². The first-order chi connectivity index (χ1) is 20.1. The van der Waals surface area contributed by atoms with Crippen molar-refractivity contribution in [3.05, 3.63) is 84.9 Å². The van der Waals surface area contributed by atoms with Crippen molar-refractivity contribution >= 4 is 28.3 Å². The number of hydrogen-bond donors (Lipinski definition) is 1. The number of carbonyl (C=O) groups excluding carboxylic acids is 1. The van der Waals surface area contributed by atoms with Crippen LogP contribution in [0.2, 0.25) is 0 Å². The number of pyridine rings is 1. The molecule has 202 valence electrons. The molecule has 0 spiro atoms. The van der Waals surface area contributed by atoms with Crippen LogP contribution in [0.15, 0.2) is 79.4 Å². The Morgan fingerprint density at radius 2 is 1.88 bits per heavy atom. The molecule has 4 aromatic heterocycles. The molecule has 2 fully saturated rings. The molecule has 0 aliphatic carbocycles. The summed E-state index contributed by atoms with van der Waals surface area (Å²) in [5.74, 6) is 0. The summed E-state index contributed by atoms with van der Waals surface area (Å²) < 4.78 is 1.93. The van der Waals surface area contributed by atoms with Gasteiger partial charge < -0.3 is 19.7 Å². The van der Waals surface area contributed by atoms with Crippen LogP contribution in [0.25, 0.3) is 50.2 Å². The molecule has 1 amide bonds. The fourth-order valence-corrected chi connectivity index (χ4v) is 6.62. The number of amides is 1. The third-order valence-electron chi connectivity index (χ3n) is 8.52. The van der Waals surface area contributed by atoms with Crippen LogP contribution in [-0.2, 0) is 0 Å². The maximum atomic E-state index is 11.4. The van der Waals surface area contributed by atoms with Crippen molar-refractivity contribution in [2.45, 2.75) is 25.4 Å². The number of fused-ring (bicyclic) bond motifs is 4. The second-order valence-electron chi connectivity index (χ2n) is 10.8. The minimum Gasteiger partial charge on any atom is -0.530 e. The van der Waals surface area contributed by atoms with Gasteiger partial charge in [-0.25, -0.2) is 9.50 Å². The Bertz CT molecular complexity index is 1960. The molecule has 10 nitrogen and oxygen atoms in total. The zero-order chi connectivity index (χ0) is 27.7. The number of likely N-dealkylation sites (tertiary alicyclic amines) is 1. The van der Waals surface area contributed by atoms with E-state index in [1.807, 2.05) is 47.2 Å². The number of benzene rings is 2. The number of anilines is 1. The van der Waals surface area contributed by atoms with Gasteiger partial charge in [0.15, 0.2) is 5.65 Å². The number of aromatic amines is 1. The van der Waals surface area contributed by atoms with Crippen LogP contribution < -0.4 is 10.0 Å². The molecule has 2 unspecified atom stereocenters. The summed E-state index contributed by atoms with van der Waals surface area (Å²) in [6.07, 6.45) is 7.00. The van der Waals surface area contributed by atoms with Gasteiger partial charge in [0, 0.05) is 66.0 Å². The highest BCUT2D eigenvalue weighted by Crippen LogP contribution is 2.40.